The zero-order valence-corrected chi connectivity index (χ0v) is 5.51. The predicted octanol–water partition coefficient (Wildman–Crippen LogP) is -0.0632. The number of nitrogens with zero attached hydrogens (tertiary/aromatic N) is 4. The van der Waals surface area contributed by atoms with E-state index in [0.29, 0.717) is 17.8 Å². The molecule has 0 saturated carbocycles. The fourth-order valence-electron chi connectivity index (χ4n) is 0.810. The Hall–Kier alpha value is -1.78. The average molecular weight is 148 g/mol. The molecule has 2 heterocycles. The van der Waals surface area contributed by atoms with Gasteiger partial charge < -0.3 is 0 Å². The van der Waals surface area contributed by atoms with Crippen LogP contribution in [0, 0.1) is 0 Å². The molecule has 0 aromatic carbocycles. The maximum atomic E-state index is 10.2. The highest BCUT2D eigenvalue weighted by molar-refractivity contribution is 5.72. The molecule has 0 fully saturated rings. The van der Waals surface area contributed by atoms with E-state index in [1.807, 2.05) is 0 Å². The van der Waals surface area contributed by atoms with E-state index in [-0.39, 0.29) is 0 Å². The first-order chi connectivity index (χ1) is 5.40. The smallest absolute Gasteiger partial charge is 0.251 e. The number of aldehydes is 1. The maximum Gasteiger partial charge on any atom is 0.251 e. The van der Waals surface area contributed by atoms with Crippen molar-refractivity contribution in [3.05, 3.63) is 24.3 Å². The van der Waals surface area contributed by atoms with Crippen LogP contribution in [0.25, 0.3) is 5.78 Å². The van der Waals surface area contributed by atoms with Gasteiger partial charge in [-0.2, -0.15) is 5.10 Å². The molecule has 0 saturated heterocycles. The van der Waals surface area contributed by atoms with Crippen LogP contribution in [-0.2, 0) is 0 Å². The van der Waals surface area contributed by atoms with E-state index in [1.165, 1.54) is 23.1 Å². The number of hydrogen-bond acceptors (Lipinski definition) is 4. The van der Waals surface area contributed by atoms with Gasteiger partial charge >= 0.3 is 0 Å². The summed E-state index contributed by atoms with van der Waals surface area (Å²) in [5.41, 5.74) is 0.344. The lowest BCUT2D eigenvalue weighted by Gasteiger charge is -1.84. The van der Waals surface area contributed by atoms with Crippen molar-refractivity contribution in [2.75, 3.05) is 0 Å². The molecular formula is C6H4N4O. The van der Waals surface area contributed by atoms with Crippen molar-refractivity contribution in [1.82, 2.24) is 19.6 Å². The van der Waals surface area contributed by atoms with E-state index < -0.39 is 0 Å². The molecule has 0 aliphatic heterocycles. The highest BCUT2D eigenvalue weighted by Gasteiger charge is 1.98. The lowest BCUT2D eigenvalue weighted by molar-refractivity contribution is 0.111. The first kappa shape index (κ1) is 5.96. The molecule has 0 N–H and O–H groups in total. The molecule has 11 heavy (non-hydrogen) atoms. The van der Waals surface area contributed by atoms with Crippen LogP contribution in [0.5, 0.6) is 0 Å². The van der Waals surface area contributed by atoms with Crippen LogP contribution in [0.4, 0.5) is 0 Å². The molecule has 0 atom stereocenters. The van der Waals surface area contributed by atoms with Crippen LogP contribution in [-0.4, -0.2) is 25.9 Å². The van der Waals surface area contributed by atoms with E-state index in [2.05, 4.69) is 15.1 Å². The Kier molecular flexibility index (Phi) is 1.15. The van der Waals surface area contributed by atoms with Gasteiger partial charge in [-0.25, -0.2) is 14.5 Å². The molecule has 2 aromatic heterocycles. The van der Waals surface area contributed by atoms with Crippen LogP contribution in [0.15, 0.2) is 18.6 Å². The van der Waals surface area contributed by atoms with E-state index in [1.54, 1.807) is 0 Å². The molecular weight excluding hydrogens is 144 g/mol. The number of hydrogen-bond donors (Lipinski definition) is 0. The summed E-state index contributed by atoms with van der Waals surface area (Å²) in [5, 5.41) is 3.88. The Labute approximate surface area is 61.7 Å². The lowest BCUT2D eigenvalue weighted by Crippen LogP contribution is -1.89. The minimum absolute atomic E-state index is 0.344. The lowest BCUT2D eigenvalue weighted by atomic mass is 10.6. The molecule has 5 nitrogen and oxygen atoms in total. The minimum atomic E-state index is 0.344. The number of imidazole rings is 1. The third kappa shape index (κ3) is 0.861. The van der Waals surface area contributed by atoms with E-state index in [9.17, 15) is 4.79 Å². The van der Waals surface area contributed by atoms with E-state index in [0.717, 1.165) is 0 Å². The van der Waals surface area contributed by atoms with Gasteiger partial charge in [0.1, 0.15) is 5.69 Å². The Balaban J connectivity index is 2.78. The van der Waals surface area contributed by atoms with Crippen molar-refractivity contribution < 1.29 is 4.79 Å². The Morgan fingerprint density at radius 1 is 1.45 bits per heavy atom. The molecule has 54 valence electrons. The highest BCUT2D eigenvalue weighted by Crippen LogP contribution is 1.95. The van der Waals surface area contributed by atoms with Gasteiger partial charge in [0.2, 0.25) is 0 Å². The zero-order chi connectivity index (χ0) is 7.68. The normalized spacial score (nSPS) is 10.2. The number of carbonyl (C=O) groups is 1. The van der Waals surface area contributed by atoms with Gasteiger partial charge in [0, 0.05) is 0 Å². The summed E-state index contributed by atoms with van der Waals surface area (Å²) >= 11 is 0. The van der Waals surface area contributed by atoms with Crippen LogP contribution in [0.2, 0.25) is 0 Å². The predicted molar refractivity (Wildman–Crippen MR) is 36.2 cm³/mol. The van der Waals surface area contributed by atoms with E-state index in [4.69, 9.17) is 0 Å². The van der Waals surface area contributed by atoms with Gasteiger partial charge in [-0.15, -0.1) is 0 Å². The van der Waals surface area contributed by atoms with Crippen molar-refractivity contribution in [2.24, 2.45) is 0 Å². The third-order valence-electron chi connectivity index (χ3n) is 1.26. The van der Waals surface area contributed by atoms with Gasteiger partial charge in [0.05, 0.1) is 18.6 Å². The summed E-state index contributed by atoms with van der Waals surface area (Å²) in [6.07, 6.45) is 5.24. The standard InChI is InChI=1S/C6H4N4O/c11-4-5-3-10-6(9-5)7-1-2-8-10/h1-4H. The molecule has 0 aliphatic carbocycles. The zero-order valence-electron chi connectivity index (χ0n) is 5.51. The van der Waals surface area contributed by atoms with Gasteiger partial charge in [-0.1, -0.05) is 0 Å². The Morgan fingerprint density at radius 2 is 2.36 bits per heavy atom. The van der Waals surface area contributed by atoms with Crippen molar-refractivity contribution in [3.8, 4) is 0 Å². The van der Waals surface area contributed by atoms with Crippen molar-refractivity contribution >= 4 is 12.1 Å². The van der Waals surface area contributed by atoms with Crippen molar-refractivity contribution in [1.29, 1.82) is 0 Å². The second-order valence-corrected chi connectivity index (χ2v) is 1.97. The molecule has 0 unspecified atom stereocenters. The molecule has 2 rings (SSSR count). The molecule has 2 aromatic rings. The topological polar surface area (TPSA) is 60.2 Å². The van der Waals surface area contributed by atoms with Crippen LogP contribution >= 0.6 is 0 Å². The fourth-order valence-corrected chi connectivity index (χ4v) is 0.810. The maximum absolute atomic E-state index is 10.2. The molecule has 0 bridgehead atoms. The molecule has 0 amide bonds. The number of rotatable bonds is 1. The Bertz CT molecular complexity index is 361. The summed E-state index contributed by atoms with van der Waals surface area (Å²) in [7, 11) is 0. The molecule has 5 heteroatoms. The van der Waals surface area contributed by atoms with Crippen molar-refractivity contribution in [2.45, 2.75) is 0 Å². The summed E-state index contributed by atoms with van der Waals surface area (Å²) in [5.74, 6) is 0.439. The van der Waals surface area contributed by atoms with Gasteiger partial charge in [-0.3, -0.25) is 4.79 Å². The SMILES string of the molecule is O=Cc1cn2nccnc2n1. The van der Waals surface area contributed by atoms with Crippen LogP contribution in [0.3, 0.4) is 0 Å². The number of carbonyl (C=O) groups excluding carboxylic acids is 1. The average Bonchev–Trinajstić information content (AvgIpc) is 2.46. The Morgan fingerprint density at radius 3 is 3.09 bits per heavy atom. The van der Waals surface area contributed by atoms with Gasteiger partial charge in [-0.05, 0) is 0 Å². The van der Waals surface area contributed by atoms with Crippen LogP contribution < -0.4 is 0 Å². The highest BCUT2D eigenvalue weighted by atomic mass is 16.1. The first-order valence-electron chi connectivity index (χ1n) is 3.02. The summed E-state index contributed by atoms with van der Waals surface area (Å²) in [4.78, 5) is 18.0. The fraction of sp³-hybridized carbons (Fsp3) is 0. The largest absolute Gasteiger partial charge is 0.296 e. The van der Waals surface area contributed by atoms with E-state index >= 15 is 0 Å². The van der Waals surface area contributed by atoms with Gasteiger partial charge in [0.15, 0.2) is 6.29 Å². The first-order valence-corrected chi connectivity index (χ1v) is 3.02. The number of fused-ring (bicyclic) bond motifs is 1. The second-order valence-electron chi connectivity index (χ2n) is 1.97. The van der Waals surface area contributed by atoms with Crippen molar-refractivity contribution in [3.63, 3.8) is 0 Å². The number of aromatic nitrogens is 4. The summed E-state index contributed by atoms with van der Waals surface area (Å²) < 4.78 is 1.45. The molecule has 0 spiro atoms. The minimum Gasteiger partial charge on any atom is -0.296 e. The summed E-state index contributed by atoms with van der Waals surface area (Å²) in [6.45, 7) is 0. The summed E-state index contributed by atoms with van der Waals surface area (Å²) in [6, 6.07) is 0. The monoisotopic (exact) mass is 148 g/mol. The van der Waals surface area contributed by atoms with Gasteiger partial charge in [0.25, 0.3) is 5.78 Å². The third-order valence-corrected chi connectivity index (χ3v) is 1.26. The molecule has 0 radical (unpaired) electrons. The second kappa shape index (κ2) is 2.12. The quantitative estimate of drug-likeness (QED) is 0.531. The molecule has 0 aliphatic rings. The van der Waals surface area contributed by atoms with Crippen LogP contribution in [0.1, 0.15) is 10.5 Å².